The second-order valence-corrected chi connectivity index (χ2v) is 9.17. The van der Waals surface area contributed by atoms with Crippen LogP contribution in [0.1, 0.15) is 47.5 Å². The molecule has 21 heavy (non-hydrogen) atoms. The molecule has 0 unspecified atom stereocenters. The van der Waals surface area contributed by atoms with Gasteiger partial charge < -0.3 is 10.1 Å². The Labute approximate surface area is 126 Å². The van der Waals surface area contributed by atoms with E-state index in [1.807, 2.05) is 0 Å². The Hall–Kier alpha value is -1.11. The number of carbonyl (C=O) groups is 2. The highest BCUT2D eigenvalue weighted by Crippen LogP contribution is 2.36. The van der Waals surface area contributed by atoms with Gasteiger partial charge in [0.2, 0.25) is 5.91 Å². The molecule has 7 heteroatoms. The van der Waals surface area contributed by atoms with Crippen molar-refractivity contribution in [2.75, 3.05) is 11.5 Å². The number of amides is 1. The van der Waals surface area contributed by atoms with Crippen LogP contribution in [-0.2, 0) is 24.2 Å². The molecule has 1 N–H and O–H groups in total. The van der Waals surface area contributed by atoms with E-state index in [4.69, 9.17) is 4.74 Å². The second-order valence-electron chi connectivity index (χ2n) is 6.86. The summed E-state index contributed by atoms with van der Waals surface area (Å²) in [5.74, 6) is -1.42. The fourth-order valence-electron chi connectivity index (χ4n) is 2.19. The third-order valence-electron chi connectivity index (χ3n) is 3.32. The SMILES string of the molecule is CC(C)NC(=O)C1(C(=O)OC(C)(C)C)CCS(=O)(=O)CC1. The van der Waals surface area contributed by atoms with Crippen molar-refractivity contribution in [3.63, 3.8) is 0 Å². The summed E-state index contributed by atoms with van der Waals surface area (Å²) in [4.78, 5) is 25.0. The van der Waals surface area contributed by atoms with E-state index in [-0.39, 0.29) is 30.4 Å². The molecular weight excluding hydrogens is 294 g/mol. The number of sulfone groups is 1. The summed E-state index contributed by atoms with van der Waals surface area (Å²) in [6.07, 6.45) is -0.0500. The average molecular weight is 319 g/mol. The van der Waals surface area contributed by atoms with Crippen LogP contribution in [-0.4, -0.2) is 43.4 Å². The van der Waals surface area contributed by atoms with Crippen LogP contribution in [0.15, 0.2) is 0 Å². The third-order valence-corrected chi connectivity index (χ3v) is 4.98. The molecule has 0 aromatic rings. The van der Waals surface area contributed by atoms with E-state index < -0.39 is 32.7 Å². The van der Waals surface area contributed by atoms with Crippen LogP contribution < -0.4 is 5.32 Å². The van der Waals surface area contributed by atoms with Gasteiger partial charge in [-0.1, -0.05) is 0 Å². The predicted octanol–water partition coefficient (Wildman–Crippen LogP) is 1.05. The highest BCUT2D eigenvalue weighted by atomic mass is 32.2. The summed E-state index contributed by atoms with van der Waals surface area (Å²) in [6.45, 7) is 8.75. The van der Waals surface area contributed by atoms with Crippen molar-refractivity contribution in [1.82, 2.24) is 5.32 Å². The zero-order valence-electron chi connectivity index (χ0n) is 13.4. The molecule has 1 amide bonds. The largest absolute Gasteiger partial charge is 0.459 e. The van der Waals surface area contributed by atoms with Crippen molar-refractivity contribution in [2.45, 2.75) is 59.1 Å². The molecule has 122 valence electrons. The fraction of sp³-hybridized carbons (Fsp3) is 0.857. The molecule has 0 radical (unpaired) electrons. The van der Waals surface area contributed by atoms with Gasteiger partial charge in [0.1, 0.15) is 20.9 Å². The summed E-state index contributed by atoms with van der Waals surface area (Å²) >= 11 is 0. The van der Waals surface area contributed by atoms with Gasteiger partial charge in [0, 0.05) is 6.04 Å². The van der Waals surface area contributed by atoms with Gasteiger partial charge in [-0.15, -0.1) is 0 Å². The molecule has 0 aromatic carbocycles. The van der Waals surface area contributed by atoms with Gasteiger partial charge in [0.05, 0.1) is 11.5 Å². The smallest absolute Gasteiger partial charge is 0.322 e. The standard InChI is InChI=1S/C14H25NO5S/c1-10(2)15-11(16)14(12(17)20-13(3,4)5)6-8-21(18,19)9-7-14/h10H,6-9H2,1-5H3,(H,15,16). The third kappa shape index (κ3) is 4.69. The van der Waals surface area contributed by atoms with Crippen LogP contribution in [0.25, 0.3) is 0 Å². The van der Waals surface area contributed by atoms with Crippen LogP contribution in [0.2, 0.25) is 0 Å². The molecule has 0 aliphatic carbocycles. The Bertz CT molecular complexity index is 502. The van der Waals surface area contributed by atoms with Crippen LogP contribution in [0.4, 0.5) is 0 Å². The number of nitrogens with one attached hydrogen (secondary N) is 1. The fourth-order valence-corrected chi connectivity index (χ4v) is 3.71. The Balaban J connectivity index is 3.06. The first-order chi connectivity index (χ1) is 9.38. The van der Waals surface area contributed by atoms with Crippen molar-refractivity contribution in [2.24, 2.45) is 5.41 Å². The van der Waals surface area contributed by atoms with Gasteiger partial charge in [-0.25, -0.2) is 8.42 Å². The highest BCUT2D eigenvalue weighted by Gasteiger charge is 2.51. The zero-order chi connectivity index (χ0) is 16.5. The molecule has 6 nitrogen and oxygen atoms in total. The van der Waals surface area contributed by atoms with Crippen LogP contribution >= 0.6 is 0 Å². The summed E-state index contributed by atoms with van der Waals surface area (Å²) in [5, 5.41) is 2.71. The quantitative estimate of drug-likeness (QED) is 0.620. The van der Waals surface area contributed by atoms with Gasteiger partial charge in [0.25, 0.3) is 0 Å². The summed E-state index contributed by atoms with van der Waals surface area (Å²) < 4.78 is 28.6. The maximum absolute atomic E-state index is 12.5. The number of rotatable bonds is 3. The van der Waals surface area contributed by atoms with Crippen molar-refractivity contribution < 1.29 is 22.7 Å². The lowest BCUT2D eigenvalue weighted by atomic mass is 9.80. The Morgan fingerprint density at radius 2 is 1.62 bits per heavy atom. The van der Waals surface area contributed by atoms with E-state index in [2.05, 4.69) is 5.32 Å². The first kappa shape index (κ1) is 17.9. The van der Waals surface area contributed by atoms with E-state index in [0.717, 1.165) is 0 Å². The molecule has 0 aromatic heterocycles. The number of hydrogen-bond acceptors (Lipinski definition) is 5. The molecule has 1 heterocycles. The van der Waals surface area contributed by atoms with E-state index in [1.165, 1.54) is 0 Å². The van der Waals surface area contributed by atoms with Crippen molar-refractivity contribution in [3.05, 3.63) is 0 Å². The topological polar surface area (TPSA) is 89.5 Å². The molecule has 0 bridgehead atoms. The van der Waals surface area contributed by atoms with Gasteiger partial charge in [0.15, 0.2) is 0 Å². The Morgan fingerprint density at radius 3 is 2.00 bits per heavy atom. The Kier molecular flexibility index (Phi) is 5.08. The predicted molar refractivity (Wildman–Crippen MR) is 79.4 cm³/mol. The van der Waals surface area contributed by atoms with Crippen molar-refractivity contribution >= 4 is 21.7 Å². The Morgan fingerprint density at radius 1 is 1.14 bits per heavy atom. The van der Waals surface area contributed by atoms with E-state index in [0.29, 0.717) is 0 Å². The normalized spacial score (nSPS) is 20.9. The van der Waals surface area contributed by atoms with Crippen molar-refractivity contribution in [3.8, 4) is 0 Å². The lowest BCUT2D eigenvalue weighted by Gasteiger charge is -2.36. The van der Waals surface area contributed by atoms with Gasteiger partial charge in [-0.05, 0) is 47.5 Å². The zero-order valence-corrected chi connectivity index (χ0v) is 14.2. The number of ether oxygens (including phenoxy) is 1. The minimum absolute atomic E-state index is 0.0250. The average Bonchev–Trinajstić information content (AvgIpc) is 2.25. The minimum atomic E-state index is -3.18. The van der Waals surface area contributed by atoms with Gasteiger partial charge in [-0.2, -0.15) is 0 Å². The second kappa shape index (κ2) is 5.94. The van der Waals surface area contributed by atoms with Crippen molar-refractivity contribution in [1.29, 1.82) is 0 Å². The maximum Gasteiger partial charge on any atom is 0.322 e. The summed E-state index contributed by atoms with van der Waals surface area (Å²) in [5.41, 5.74) is -2.12. The molecule has 0 saturated carbocycles. The minimum Gasteiger partial charge on any atom is -0.459 e. The van der Waals surface area contributed by atoms with E-state index >= 15 is 0 Å². The number of carbonyl (C=O) groups excluding carboxylic acids is 2. The van der Waals surface area contributed by atoms with Gasteiger partial charge >= 0.3 is 5.97 Å². The van der Waals surface area contributed by atoms with Crippen LogP contribution in [0.3, 0.4) is 0 Å². The van der Waals surface area contributed by atoms with Crippen LogP contribution in [0.5, 0.6) is 0 Å². The van der Waals surface area contributed by atoms with Crippen LogP contribution in [0, 0.1) is 5.41 Å². The highest BCUT2D eigenvalue weighted by molar-refractivity contribution is 7.91. The molecule has 1 aliphatic rings. The molecule has 0 atom stereocenters. The molecule has 0 spiro atoms. The van der Waals surface area contributed by atoms with Gasteiger partial charge in [-0.3, -0.25) is 9.59 Å². The molecular formula is C14H25NO5S. The number of hydrogen-bond donors (Lipinski definition) is 1. The molecule has 1 aliphatic heterocycles. The lowest BCUT2D eigenvalue weighted by Crippen LogP contribution is -2.54. The lowest BCUT2D eigenvalue weighted by molar-refractivity contribution is -0.172. The first-order valence-electron chi connectivity index (χ1n) is 7.13. The van der Waals surface area contributed by atoms with E-state index in [1.54, 1.807) is 34.6 Å². The first-order valence-corrected chi connectivity index (χ1v) is 8.95. The summed E-state index contributed by atoms with van der Waals surface area (Å²) in [6, 6.07) is -0.129. The monoisotopic (exact) mass is 319 g/mol. The molecule has 1 saturated heterocycles. The number of esters is 1. The molecule has 1 rings (SSSR count). The maximum atomic E-state index is 12.5. The molecule has 1 fully saturated rings. The summed E-state index contributed by atoms with van der Waals surface area (Å²) in [7, 11) is -3.18. The van der Waals surface area contributed by atoms with E-state index in [9.17, 15) is 18.0 Å².